The Hall–Kier alpha value is -1.71. The van der Waals surface area contributed by atoms with Crippen molar-refractivity contribution in [2.24, 2.45) is 0 Å². The van der Waals surface area contributed by atoms with Gasteiger partial charge >= 0.3 is 0 Å². The quantitative estimate of drug-likeness (QED) is 0.600. The minimum absolute atomic E-state index is 0.119. The van der Waals surface area contributed by atoms with Crippen LogP contribution in [0.5, 0.6) is 0 Å². The first-order valence-corrected chi connectivity index (χ1v) is 12.3. The number of likely N-dealkylation sites (N-methyl/N-ethyl adjacent to an activating group) is 1. The lowest BCUT2D eigenvalue weighted by atomic mass is 10.2. The smallest absolute Gasteiger partial charge is 0.257 e. The summed E-state index contributed by atoms with van der Waals surface area (Å²) in [7, 11) is 4.07. The molecule has 1 aromatic carbocycles. The van der Waals surface area contributed by atoms with Crippen molar-refractivity contribution in [3.8, 4) is 0 Å². The Morgan fingerprint density at radius 1 is 1.28 bits per heavy atom. The number of rotatable bonds is 6. The Morgan fingerprint density at radius 3 is 2.88 bits per heavy atom. The van der Waals surface area contributed by atoms with Gasteiger partial charge in [-0.25, -0.2) is 4.98 Å². The van der Waals surface area contributed by atoms with Crippen molar-refractivity contribution in [1.82, 2.24) is 9.88 Å². The number of carbonyl (C=O) groups is 1. The van der Waals surface area contributed by atoms with E-state index in [1.807, 2.05) is 26.2 Å². The normalized spacial score (nSPS) is 19.0. The molecule has 0 aliphatic carbocycles. The number of anilines is 3. The fourth-order valence-corrected chi connectivity index (χ4v) is 5.25. The van der Waals surface area contributed by atoms with Gasteiger partial charge in [0, 0.05) is 54.5 Å². The highest BCUT2D eigenvalue weighted by atomic mass is 35.5. The van der Waals surface area contributed by atoms with Crippen LogP contribution in [0.1, 0.15) is 16.8 Å². The molecule has 1 N–H and O–H groups in total. The van der Waals surface area contributed by atoms with Crippen molar-refractivity contribution < 1.29 is 9.53 Å². The predicted octanol–water partition coefficient (Wildman–Crippen LogP) is 4.27. The van der Waals surface area contributed by atoms with Crippen LogP contribution >= 0.6 is 35.1 Å². The molecule has 0 saturated carbocycles. The third-order valence-corrected chi connectivity index (χ3v) is 6.98. The Balaban J connectivity index is 1.50. The molecule has 2 aliphatic heterocycles. The molecule has 0 radical (unpaired) electrons. The van der Waals surface area contributed by atoms with Gasteiger partial charge in [0.1, 0.15) is 5.82 Å². The minimum atomic E-state index is -0.288. The van der Waals surface area contributed by atoms with Crippen molar-refractivity contribution in [1.29, 1.82) is 0 Å². The lowest BCUT2D eigenvalue weighted by molar-refractivity contribution is 0.0248. The second-order valence-electron chi connectivity index (χ2n) is 8.16. The first-order chi connectivity index (χ1) is 15.4. The summed E-state index contributed by atoms with van der Waals surface area (Å²) in [6.07, 6.45) is 2.75. The molecule has 2 saturated heterocycles. The van der Waals surface area contributed by atoms with E-state index in [1.54, 1.807) is 24.1 Å². The first-order valence-electron chi connectivity index (χ1n) is 10.6. The van der Waals surface area contributed by atoms with Gasteiger partial charge in [-0.3, -0.25) is 4.79 Å². The average molecular weight is 496 g/mol. The number of amides is 1. The van der Waals surface area contributed by atoms with E-state index in [0.717, 1.165) is 49.9 Å². The van der Waals surface area contributed by atoms with Gasteiger partial charge in [-0.2, -0.15) is 0 Å². The van der Waals surface area contributed by atoms with Gasteiger partial charge < -0.3 is 24.2 Å². The van der Waals surface area contributed by atoms with E-state index in [0.29, 0.717) is 27.9 Å². The topological polar surface area (TPSA) is 60.9 Å². The summed E-state index contributed by atoms with van der Waals surface area (Å²) in [6, 6.07) is 7.34. The average Bonchev–Trinajstić information content (AvgIpc) is 3.28. The molecule has 2 aliphatic rings. The van der Waals surface area contributed by atoms with E-state index in [4.69, 9.17) is 27.9 Å². The Morgan fingerprint density at radius 2 is 2.12 bits per heavy atom. The number of carbonyl (C=O) groups excluding carboxylic acids is 1. The summed E-state index contributed by atoms with van der Waals surface area (Å²) in [6.45, 7) is 3.94. The second-order valence-corrected chi connectivity index (χ2v) is 10.1. The molecule has 0 bridgehead atoms. The molecule has 4 rings (SSSR count). The number of hydrogen-bond donors (Lipinski definition) is 1. The van der Waals surface area contributed by atoms with Crippen LogP contribution in [0.4, 0.5) is 17.2 Å². The molecule has 0 spiro atoms. The van der Waals surface area contributed by atoms with E-state index in [1.165, 1.54) is 6.20 Å². The lowest BCUT2D eigenvalue weighted by Crippen LogP contribution is -2.46. The molecule has 2 aromatic rings. The Labute approximate surface area is 203 Å². The third kappa shape index (κ3) is 5.80. The van der Waals surface area contributed by atoms with Gasteiger partial charge in [-0.1, -0.05) is 23.2 Å². The molecule has 10 heteroatoms. The van der Waals surface area contributed by atoms with Crippen molar-refractivity contribution in [3.63, 3.8) is 0 Å². The molecule has 32 heavy (non-hydrogen) atoms. The summed E-state index contributed by atoms with van der Waals surface area (Å²) < 4.78 is 7.97. The van der Waals surface area contributed by atoms with E-state index in [2.05, 4.69) is 24.4 Å². The maximum Gasteiger partial charge on any atom is 0.257 e. The molecular formula is C22H27Cl2N5O2S. The van der Waals surface area contributed by atoms with Gasteiger partial charge in [0.05, 0.1) is 23.3 Å². The van der Waals surface area contributed by atoms with Crippen molar-refractivity contribution in [2.75, 3.05) is 67.2 Å². The molecule has 1 atom stereocenters. The van der Waals surface area contributed by atoms with Gasteiger partial charge in [0.25, 0.3) is 5.91 Å². The predicted molar refractivity (Wildman–Crippen MR) is 134 cm³/mol. The summed E-state index contributed by atoms with van der Waals surface area (Å²) in [4.78, 5) is 21.8. The summed E-state index contributed by atoms with van der Waals surface area (Å²) >= 11 is 14.4. The van der Waals surface area contributed by atoms with Crippen molar-refractivity contribution in [2.45, 2.75) is 12.5 Å². The lowest BCUT2D eigenvalue weighted by Gasteiger charge is -2.36. The number of morpholine rings is 1. The number of nitrogens with one attached hydrogen (secondary N) is 1. The number of aromatic nitrogens is 1. The largest absolute Gasteiger partial charge is 0.373 e. The zero-order valence-corrected chi connectivity index (χ0v) is 20.5. The van der Waals surface area contributed by atoms with Gasteiger partial charge in [-0.15, -0.1) is 0 Å². The van der Waals surface area contributed by atoms with Crippen LogP contribution in [0.3, 0.4) is 0 Å². The molecule has 7 nitrogen and oxygen atoms in total. The number of hydrogen-bond acceptors (Lipinski definition) is 7. The highest BCUT2D eigenvalue weighted by molar-refractivity contribution is 8.00. The van der Waals surface area contributed by atoms with E-state index in [9.17, 15) is 4.79 Å². The van der Waals surface area contributed by atoms with Crippen LogP contribution in [0.15, 0.2) is 30.5 Å². The van der Waals surface area contributed by atoms with Crippen LogP contribution < -0.4 is 14.5 Å². The second kappa shape index (κ2) is 10.5. The molecule has 1 aromatic heterocycles. The zero-order valence-electron chi connectivity index (χ0n) is 18.2. The van der Waals surface area contributed by atoms with Crippen LogP contribution in [0.25, 0.3) is 0 Å². The molecule has 2 fully saturated rings. The van der Waals surface area contributed by atoms with Crippen LogP contribution in [0.2, 0.25) is 10.0 Å². The van der Waals surface area contributed by atoms with Crippen LogP contribution in [-0.4, -0.2) is 74.5 Å². The first kappa shape index (κ1) is 23.4. The molecule has 172 valence electrons. The minimum Gasteiger partial charge on any atom is -0.373 e. The summed E-state index contributed by atoms with van der Waals surface area (Å²) in [5.41, 5.74) is 1.97. The highest BCUT2D eigenvalue weighted by Crippen LogP contribution is 2.31. The van der Waals surface area contributed by atoms with Gasteiger partial charge in [0.15, 0.2) is 0 Å². The monoisotopic (exact) mass is 495 g/mol. The van der Waals surface area contributed by atoms with Crippen LogP contribution in [0, 0.1) is 0 Å². The van der Waals surface area contributed by atoms with Crippen molar-refractivity contribution >= 4 is 58.2 Å². The maximum atomic E-state index is 13.0. The number of halogens is 2. The molecular weight excluding hydrogens is 469 g/mol. The van der Waals surface area contributed by atoms with Crippen molar-refractivity contribution in [3.05, 3.63) is 46.1 Å². The third-order valence-electron chi connectivity index (χ3n) is 5.31. The maximum absolute atomic E-state index is 13.0. The zero-order chi connectivity index (χ0) is 22.7. The molecule has 1 unspecified atom stereocenters. The molecule has 3 heterocycles. The highest BCUT2D eigenvalue weighted by Gasteiger charge is 2.23. The van der Waals surface area contributed by atoms with E-state index in [-0.39, 0.29) is 12.0 Å². The standard InChI is InChI=1S/C22H27Cl2N5O2S/c1-27(2)13-18-14-28(5-6-31-18)17-9-15(23)8-16(10-17)26-22(30)19-11-21(25-12-20(19)24)29-4-3-7-32-29/h8-12,18H,3-7,13-14H2,1-2H3,(H,26,30). The fraction of sp³-hybridized carbons (Fsp3) is 0.455. The fourth-order valence-electron chi connectivity index (χ4n) is 3.87. The Kier molecular flexibility index (Phi) is 7.68. The number of ether oxygens (including phenoxy) is 1. The van der Waals surface area contributed by atoms with Gasteiger partial charge in [0.2, 0.25) is 0 Å². The molecule has 1 amide bonds. The number of benzene rings is 1. The van der Waals surface area contributed by atoms with Gasteiger partial charge in [-0.05, 0) is 56.7 Å². The van der Waals surface area contributed by atoms with E-state index < -0.39 is 0 Å². The number of pyridine rings is 1. The summed E-state index contributed by atoms with van der Waals surface area (Å²) in [5.74, 6) is 1.51. The SMILES string of the molecule is CN(C)CC1CN(c2cc(Cl)cc(NC(=O)c3cc(N4CCCS4)ncc3Cl)c2)CCO1. The summed E-state index contributed by atoms with van der Waals surface area (Å²) in [5, 5.41) is 3.83. The Bertz CT molecular complexity index is 971. The van der Waals surface area contributed by atoms with E-state index >= 15 is 0 Å². The van der Waals surface area contributed by atoms with Crippen LogP contribution in [-0.2, 0) is 4.74 Å². The number of nitrogens with zero attached hydrogens (tertiary/aromatic N) is 4.